The van der Waals surface area contributed by atoms with Gasteiger partial charge in [0, 0.05) is 0 Å². The van der Waals surface area contributed by atoms with Gasteiger partial charge in [0.15, 0.2) is 0 Å². The third kappa shape index (κ3) is 0.661. The van der Waals surface area contributed by atoms with Crippen molar-refractivity contribution in [3.63, 3.8) is 0 Å². The Morgan fingerprint density at radius 2 is 1.67 bits per heavy atom. The van der Waals surface area contributed by atoms with E-state index in [-0.39, 0.29) is 0 Å². The summed E-state index contributed by atoms with van der Waals surface area (Å²) in [4.78, 5) is 0. The summed E-state index contributed by atoms with van der Waals surface area (Å²) in [6, 6.07) is 0. The third-order valence-electron chi connectivity index (χ3n) is 5.80. The number of fused-ring (bicyclic) bond motifs is 2. The lowest BCUT2D eigenvalue weighted by Gasteiger charge is -2.38. The van der Waals surface area contributed by atoms with Crippen LogP contribution in [-0.4, -0.2) is 0 Å². The molecule has 0 heterocycles. The highest BCUT2D eigenvalue weighted by atomic mass is 14.7. The highest BCUT2D eigenvalue weighted by molar-refractivity contribution is 5.11. The molecule has 2 aliphatic rings. The third-order valence-corrected chi connectivity index (χ3v) is 5.80. The molecule has 0 aromatic rings. The highest BCUT2D eigenvalue weighted by Crippen LogP contribution is 2.69. The van der Waals surface area contributed by atoms with Gasteiger partial charge in [0.05, 0.1) is 0 Å². The Bertz CT molecular complexity index is 204. The topological polar surface area (TPSA) is 0 Å². The Hall–Kier alpha value is 0. The molecule has 4 atom stereocenters. The molecule has 0 aromatic heterocycles. The minimum atomic E-state index is 0.603. The molecule has 0 saturated heterocycles. The molecule has 0 aliphatic heterocycles. The van der Waals surface area contributed by atoms with Gasteiger partial charge in [0.2, 0.25) is 0 Å². The van der Waals surface area contributed by atoms with Crippen LogP contribution in [0.1, 0.15) is 47.5 Å². The van der Waals surface area contributed by atoms with E-state index in [4.69, 9.17) is 0 Å². The summed E-state index contributed by atoms with van der Waals surface area (Å²) in [7, 11) is 0. The van der Waals surface area contributed by atoms with Gasteiger partial charge in [-0.3, -0.25) is 0 Å². The average Bonchev–Trinajstić information content (AvgIpc) is 2.26. The maximum atomic E-state index is 2.52. The standard InChI is InChI=1S/C12H22/c1-8-9(2)12(5)7-6-10(8)11(12,3)4/h8-10H,6-7H2,1-5H3/t8-,9-,10?,12?/m0/s1. The Morgan fingerprint density at radius 1 is 1.08 bits per heavy atom. The second-order valence-electron chi connectivity index (χ2n) is 5.93. The molecule has 2 bridgehead atoms. The van der Waals surface area contributed by atoms with E-state index < -0.39 is 0 Å². The molecule has 2 aliphatic carbocycles. The van der Waals surface area contributed by atoms with Crippen LogP contribution < -0.4 is 0 Å². The Morgan fingerprint density at radius 3 is 1.92 bits per heavy atom. The van der Waals surface area contributed by atoms with Crippen molar-refractivity contribution in [3.8, 4) is 0 Å². The van der Waals surface area contributed by atoms with Crippen LogP contribution in [0.15, 0.2) is 0 Å². The zero-order valence-electron chi connectivity index (χ0n) is 9.15. The monoisotopic (exact) mass is 166 g/mol. The fourth-order valence-electron chi connectivity index (χ4n) is 4.23. The van der Waals surface area contributed by atoms with E-state index in [9.17, 15) is 0 Å². The van der Waals surface area contributed by atoms with Crippen LogP contribution in [-0.2, 0) is 0 Å². The van der Waals surface area contributed by atoms with Gasteiger partial charge in [-0.15, -0.1) is 0 Å². The molecule has 2 fully saturated rings. The maximum absolute atomic E-state index is 2.52. The Labute approximate surface area is 76.7 Å². The van der Waals surface area contributed by atoms with Crippen LogP contribution in [0, 0.1) is 28.6 Å². The highest BCUT2D eigenvalue weighted by Gasteiger charge is 2.62. The zero-order chi connectivity index (χ0) is 9.15. The van der Waals surface area contributed by atoms with Crippen LogP contribution in [0.25, 0.3) is 0 Å². The van der Waals surface area contributed by atoms with E-state index in [1.165, 1.54) is 12.8 Å². The first-order chi connectivity index (χ1) is 5.41. The molecule has 0 N–H and O–H groups in total. The van der Waals surface area contributed by atoms with Crippen LogP contribution in [0.5, 0.6) is 0 Å². The smallest absolute Gasteiger partial charge is 0.0243 e. The lowest BCUT2D eigenvalue weighted by Crippen LogP contribution is -2.31. The van der Waals surface area contributed by atoms with Crippen molar-refractivity contribution < 1.29 is 0 Å². The minimum absolute atomic E-state index is 0.603. The molecule has 70 valence electrons. The van der Waals surface area contributed by atoms with Gasteiger partial charge < -0.3 is 0 Å². The van der Waals surface area contributed by atoms with Crippen molar-refractivity contribution in [3.05, 3.63) is 0 Å². The molecular weight excluding hydrogens is 144 g/mol. The van der Waals surface area contributed by atoms with Crippen LogP contribution in [0.2, 0.25) is 0 Å². The van der Waals surface area contributed by atoms with Gasteiger partial charge in [-0.2, -0.15) is 0 Å². The maximum Gasteiger partial charge on any atom is -0.0243 e. The SMILES string of the molecule is C[C@@H]1C2CCC(C)([C@H]1C)C2(C)C. The quantitative estimate of drug-likeness (QED) is 0.514. The summed E-state index contributed by atoms with van der Waals surface area (Å²) in [5, 5.41) is 0. The molecular formula is C12H22. The molecule has 0 nitrogen and oxygen atoms in total. The van der Waals surface area contributed by atoms with E-state index in [1.54, 1.807) is 0 Å². The average molecular weight is 166 g/mol. The molecule has 2 unspecified atom stereocenters. The fourth-order valence-corrected chi connectivity index (χ4v) is 4.23. The number of rotatable bonds is 0. The predicted molar refractivity (Wildman–Crippen MR) is 52.9 cm³/mol. The minimum Gasteiger partial charge on any atom is -0.0619 e. The van der Waals surface area contributed by atoms with Gasteiger partial charge in [0.1, 0.15) is 0 Å². The van der Waals surface area contributed by atoms with Gasteiger partial charge >= 0.3 is 0 Å². The Kier molecular flexibility index (Phi) is 1.49. The van der Waals surface area contributed by atoms with E-state index in [0.717, 1.165) is 17.8 Å². The Balaban J connectivity index is 2.44. The molecule has 2 rings (SSSR count). The summed E-state index contributed by atoms with van der Waals surface area (Å²) >= 11 is 0. The van der Waals surface area contributed by atoms with Crippen molar-refractivity contribution in [2.45, 2.75) is 47.5 Å². The fraction of sp³-hybridized carbons (Fsp3) is 1.00. The lowest BCUT2D eigenvalue weighted by atomic mass is 9.67. The first kappa shape index (κ1) is 8.59. The molecule has 2 saturated carbocycles. The molecule has 0 amide bonds. The molecule has 12 heavy (non-hydrogen) atoms. The van der Waals surface area contributed by atoms with Gasteiger partial charge in [-0.1, -0.05) is 34.6 Å². The summed E-state index contributed by atoms with van der Waals surface area (Å²) < 4.78 is 0. The van der Waals surface area contributed by atoms with Gasteiger partial charge in [-0.05, 0) is 41.4 Å². The molecule has 0 heteroatoms. The van der Waals surface area contributed by atoms with Gasteiger partial charge in [-0.25, -0.2) is 0 Å². The van der Waals surface area contributed by atoms with E-state index >= 15 is 0 Å². The number of hydrogen-bond donors (Lipinski definition) is 0. The van der Waals surface area contributed by atoms with Crippen molar-refractivity contribution in [1.29, 1.82) is 0 Å². The van der Waals surface area contributed by atoms with Crippen molar-refractivity contribution in [2.75, 3.05) is 0 Å². The van der Waals surface area contributed by atoms with Crippen molar-refractivity contribution >= 4 is 0 Å². The first-order valence-corrected chi connectivity index (χ1v) is 5.41. The first-order valence-electron chi connectivity index (χ1n) is 5.41. The largest absolute Gasteiger partial charge is 0.0619 e. The molecule has 0 spiro atoms. The zero-order valence-corrected chi connectivity index (χ0v) is 9.15. The second-order valence-corrected chi connectivity index (χ2v) is 5.93. The van der Waals surface area contributed by atoms with E-state index in [1.807, 2.05) is 0 Å². The van der Waals surface area contributed by atoms with Crippen molar-refractivity contribution in [2.24, 2.45) is 28.6 Å². The summed E-state index contributed by atoms with van der Waals surface area (Å²) in [6.07, 6.45) is 2.95. The van der Waals surface area contributed by atoms with Crippen molar-refractivity contribution in [1.82, 2.24) is 0 Å². The number of hydrogen-bond acceptors (Lipinski definition) is 0. The summed E-state index contributed by atoms with van der Waals surface area (Å²) in [5.41, 5.74) is 1.24. The normalized spacial score (nSPS) is 56.2. The second kappa shape index (κ2) is 2.08. The molecule has 0 aromatic carbocycles. The van der Waals surface area contributed by atoms with Crippen LogP contribution in [0.3, 0.4) is 0 Å². The van der Waals surface area contributed by atoms with E-state index in [0.29, 0.717) is 10.8 Å². The van der Waals surface area contributed by atoms with Crippen LogP contribution >= 0.6 is 0 Å². The summed E-state index contributed by atoms with van der Waals surface area (Å²) in [6.45, 7) is 12.4. The molecule has 0 radical (unpaired) electrons. The van der Waals surface area contributed by atoms with E-state index in [2.05, 4.69) is 34.6 Å². The van der Waals surface area contributed by atoms with Gasteiger partial charge in [0.25, 0.3) is 0 Å². The lowest BCUT2D eigenvalue weighted by molar-refractivity contribution is 0.107. The van der Waals surface area contributed by atoms with Crippen LogP contribution in [0.4, 0.5) is 0 Å². The summed E-state index contributed by atoms with van der Waals surface area (Å²) in [5.74, 6) is 2.89. The predicted octanol–water partition coefficient (Wildman–Crippen LogP) is 3.71.